The second kappa shape index (κ2) is 4.37. The summed E-state index contributed by atoms with van der Waals surface area (Å²) in [7, 11) is 5.60. The fourth-order valence-corrected chi connectivity index (χ4v) is 1.33. The highest BCUT2D eigenvalue weighted by Crippen LogP contribution is 1.99. The average Bonchev–Trinajstić information content (AvgIpc) is 1.81. The normalized spacial score (nSPS) is 11.2. The zero-order valence-electron chi connectivity index (χ0n) is 9.13. The van der Waals surface area contributed by atoms with E-state index in [4.69, 9.17) is 0 Å². The third-order valence-electron chi connectivity index (χ3n) is 1.78. The van der Waals surface area contributed by atoms with E-state index >= 15 is 0 Å². The second-order valence-corrected chi connectivity index (χ2v) is 4.15. The molecular weight excluding hydrogens is 168 g/mol. The molecule has 1 amide bonds. The van der Waals surface area contributed by atoms with Crippen LogP contribution in [0, 0.1) is 0 Å². The van der Waals surface area contributed by atoms with Crippen molar-refractivity contribution >= 4 is 11.7 Å². The van der Waals surface area contributed by atoms with Gasteiger partial charge in [-0.25, -0.2) is 0 Å². The number of amides is 1. The molecule has 0 bridgehead atoms. The molecule has 0 radical (unpaired) electrons. The van der Waals surface area contributed by atoms with Crippen LogP contribution in [0.25, 0.3) is 0 Å². The first-order valence-electron chi connectivity index (χ1n) is 4.28. The third-order valence-corrected chi connectivity index (χ3v) is 1.78. The number of ketones is 1. The van der Waals surface area contributed by atoms with Gasteiger partial charge >= 0.3 is 0 Å². The summed E-state index contributed by atoms with van der Waals surface area (Å²) in [5, 5.41) is 0. The molecule has 0 heterocycles. The van der Waals surface area contributed by atoms with Crippen LogP contribution in [0.1, 0.15) is 13.8 Å². The first-order valence-corrected chi connectivity index (χ1v) is 4.28. The number of rotatable bonds is 4. The Morgan fingerprint density at radius 1 is 1.23 bits per heavy atom. The summed E-state index contributed by atoms with van der Waals surface area (Å²) in [4.78, 5) is 23.4. The molecule has 4 heteroatoms. The summed E-state index contributed by atoms with van der Waals surface area (Å²) < 4.78 is 0.519. The van der Waals surface area contributed by atoms with Crippen LogP contribution >= 0.6 is 0 Å². The van der Waals surface area contributed by atoms with Crippen molar-refractivity contribution in [2.75, 3.05) is 34.4 Å². The first-order chi connectivity index (χ1) is 5.74. The lowest BCUT2D eigenvalue weighted by Crippen LogP contribution is -2.50. The predicted molar refractivity (Wildman–Crippen MR) is 51.0 cm³/mol. The Morgan fingerprint density at radius 3 is 2.00 bits per heavy atom. The zero-order valence-corrected chi connectivity index (χ0v) is 9.13. The van der Waals surface area contributed by atoms with Gasteiger partial charge in [0.25, 0.3) is 0 Å². The number of hydrogen-bond acceptors (Lipinski definition) is 2. The number of Topliss-reactive ketones (excluding diaryl/α,β-unsaturated/α-hetero) is 1. The molecule has 0 unspecified atom stereocenters. The minimum atomic E-state index is 0.0229. The van der Waals surface area contributed by atoms with Gasteiger partial charge in [-0.05, 0) is 0 Å². The van der Waals surface area contributed by atoms with Gasteiger partial charge in [0.1, 0.15) is 6.54 Å². The Labute approximate surface area is 79.7 Å². The molecule has 0 rings (SSSR count). The van der Waals surface area contributed by atoms with E-state index in [1.54, 1.807) is 18.9 Å². The zero-order chi connectivity index (χ0) is 10.6. The van der Waals surface area contributed by atoms with Crippen LogP contribution in [0.4, 0.5) is 0 Å². The van der Waals surface area contributed by atoms with E-state index in [2.05, 4.69) is 0 Å². The van der Waals surface area contributed by atoms with Gasteiger partial charge in [0, 0.05) is 20.9 Å². The maximum Gasteiger partial charge on any atom is 0.223 e. The molecule has 76 valence electrons. The fraction of sp³-hybridized carbons (Fsp3) is 0.778. The van der Waals surface area contributed by atoms with E-state index in [1.165, 1.54) is 6.92 Å². The quantitative estimate of drug-likeness (QED) is 0.462. The van der Waals surface area contributed by atoms with Crippen LogP contribution < -0.4 is 0 Å². The molecule has 0 aliphatic rings. The van der Waals surface area contributed by atoms with E-state index in [1.807, 2.05) is 14.1 Å². The lowest BCUT2D eigenvalue weighted by Gasteiger charge is -2.32. The van der Waals surface area contributed by atoms with Crippen LogP contribution in [0.3, 0.4) is 0 Å². The van der Waals surface area contributed by atoms with Crippen molar-refractivity contribution in [2.24, 2.45) is 0 Å². The molecule has 13 heavy (non-hydrogen) atoms. The second-order valence-electron chi connectivity index (χ2n) is 4.15. The van der Waals surface area contributed by atoms with Gasteiger partial charge in [-0.1, -0.05) is 0 Å². The smallest absolute Gasteiger partial charge is 0.223 e. The number of nitrogens with zero attached hydrogens (tertiary/aromatic N) is 2. The molecule has 0 aliphatic heterocycles. The largest absolute Gasteiger partial charge is 0.305 e. The van der Waals surface area contributed by atoms with Crippen molar-refractivity contribution in [3.63, 3.8) is 0 Å². The van der Waals surface area contributed by atoms with Gasteiger partial charge in [0.2, 0.25) is 5.91 Å². The van der Waals surface area contributed by atoms with E-state index in [-0.39, 0.29) is 11.7 Å². The number of carbonyl (C=O) groups is 2. The van der Waals surface area contributed by atoms with Crippen LogP contribution in [-0.4, -0.2) is 55.4 Å². The van der Waals surface area contributed by atoms with Gasteiger partial charge in [0.15, 0.2) is 12.5 Å². The summed E-state index contributed by atoms with van der Waals surface area (Å²) in [6.45, 7) is 4.11. The minimum absolute atomic E-state index is 0.0229. The Kier molecular flexibility index (Phi) is 4.07. The van der Waals surface area contributed by atoms with Crippen molar-refractivity contribution in [1.29, 1.82) is 0 Å². The standard InChI is InChI=1S/C9H19N2O2/c1-8(12)6-11(4,5)7-10(3)9(2)13/h6-7H2,1-5H3/q+1. The van der Waals surface area contributed by atoms with Crippen LogP contribution in [0.5, 0.6) is 0 Å². The Hall–Kier alpha value is -0.900. The molecule has 0 N–H and O–H groups in total. The summed E-state index contributed by atoms with van der Waals surface area (Å²) in [6.07, 6.45) is 0. The van der Waals surface area contributed by atoms with Crippen LogP contribution in [0.15, 0.2) is 0 Å². The van der Waals surface area contributed by atoms with Gasteiger partial charge < -0.3 is 4.48 Å². The number of likely N-dealkylation sites (N-methyl/N-ethyl adjacent to an activating group) is 1. The average molecular weight is 187 g/mol. The van der Waals surface area contributed by atoms with Crippen molar-refractivity contribution in [3.05, 3.63) is 0 Å². The van der Waals surface area contributed by atoms with Gasteiger partial charge in [-0.2, -0.15) is 0 Å². The number of quaternary nitrogens is 1. The van der Waals surface area contributed by atoms with E-state index in [0.29, 0.717) is 17.7 Å². The Morgan fingerprint density at radius 2 is 1.69 bits per heavy atom. The summed E-state index contributed by atoms with van der Waals surface area (Å²) in [5.74, 6) is 0.164. The maximum atomic E-state index is 10.9. The Bertz CT molecular complexity index is 212. The highest BCUT2D eigenvalue weighted by Gasteiger charge is 2.20. The maximum absolute atomic E-state index is 10.9. The number of hydrogen-bond donors (Lipinski definition) is 0. The monoisotopic (exact) mass is 187 g/mol. The van der Waals surface area contributed by atoms with Gasteiger partial charge in [-0.3, -0.25) is 14.5 Å². The van der Waals surface area contributed by atoms with Crippen LogP contribution in [0.2, 0.25) is 0 Å². The molecule has 0 aromatic carbocycles. The molecular formula is C9H19N2O2+. The number of carbonyl (C=O) groups excluding carboxylic acids is 2. The van der Waals surface area contributed by atoms with E-state index < -0.39 is 0 Å². The molecule has 0 saturated heterocycles. The van der Waals surface area contributed by atoms with Crippen molar-refractivity contribution in [3.8, 4) is 0 Å². The van der Waals surface area contributed by atoms with Crippen molar-refractivity contribution < 1.29 is 14.1 Å². The fourth-order valence-electron chi connectivity index (χ4n) is 1.33. The lowest BCUT2D eigenvalue weighted by atomic mass is 10.4. The Balaban J connectivity index is 4.16. The molecule has 0 aromatic rings. The predicted octanol–water partition coefficient (Wildman–Crippen LogP) is 0.0876. The lowest BCUT2D eigenvalue weighted by molar-refractivity contribution is -0.890. The van der Waals surface area contributed by atoms with E-state index in [0.717, 1.165) is 0 Å². The molecule has 0 atom stereocenters. The van der Waals surface area contributed by atoms with Gasteiger partial charge in [-0.15, -0.1) is 0 Å². The molecule has 0 aliphatic carbocycles. The highest BCUT2D eigenvalue weighted by molar-refractivity contribution is 5.76. The van der Waals surface area contributed by atoms with E-state index in [9.17, 15) is 9.59 Å². The van der Waals surface area contributed by atoms with Crippen molar-refractivity contribution in [1.82, 2.24) is 4.90 Å². The first kappa shape index (κ1) is 12.1. The molecule has 4 nitrogen and oxygen atoms in total. The molecule has 0 fully saturated rings. The summed E-state index contributed by atoms with van der Waals surface area (Å²) >= 11 is 0. The minimum Gasteiger partial charge on any atom is -0.305 e. The third kappa shape index (κ3) is 5.36. The topological polar surface area (TPSA) is 37.4 Å². The SMILES string of the molecule is CC(=O)C[N+](C)(C)CN(C)C(C)=O. The van der Waals surface area contributed by atoms with Gasteiger partial charge in [0.05, 0.1) is 14.1 Å². The molecule has 0 spiro atoms. The molecule has 0 aromatic heterocycles. The summed E-state index contributed by atoms with van der Waals surface area (Å²) in [6, 6.07) is 0. The summed E-state index contributed by atoms with van der Waals surface area (Å²) in [5.41, 5.74) is 0. The molecule has 0 saturated carbocycles. The highest BCUT2D eigenvalue weighted by atomic mass is 16.2. The van der Waals surface area contributed by atoms with Crippen molar-refractivity contribution in [2.45, 2.75) is 13.8 Å². The van der Waals surface area contributed by atoms with Crippen LogP contribution in [-0.2, 0) is 9.59 Å².